The van der Waals surface area contributed by atoms with Crippen molar-refractivity contribution in [1.82, 2.24) is 14.9 Å². The van der Waals surface area contributed by atoms with E-state index in [4.69, 9.17) is 11.0 Å². The number of hydrogen-bond donors (Lipinski definition) is 2. The van der Waals surface area contributed by atoms with E-state index in [1.807, 2.05) is 24.3 Å². The molecule has 0 spiro atoms. The van der Waals surface area contributed by atoms with Gasteiger partial charge in [0.25, 0.3) is 5.91 Å². The minimum absolute atomic E-state index is 0.122. The van der Waals surface area contributed by atoms with E-state index in [9.17, 15) is 14.0 Å². The van der Waals surface area contributed by atoms with E-state index < -0.39 is 17.3 Å². The molecule has 1 saturated carbocycles. The van der Waals surface area contributed by atoms with Gasteiger partial charge in [0.1, 0.15) is 0 Å². The highest BCUT2D eigenvalue weighted by molar-refractivity contribution is 5.94. The molecule has 0 radical (unpaired) electrons. The van der Waals surface area contributed by atoms with Crippen LogP contribution in [0.4, 0.5) is 10.2 Å². The molecule has 0 aliphatic heterocycles. The van der Waals surface area contributed by atoms with E-state index >= 15 is 0 Å². The summed E-state index contributed by atoms with van der Waals surface area (Å²) >= 11 is 0. The summed E-state index contributed by atoms with van der Waals surface area (Å²) in [6.45, 7) is 0. The van der Waals surface area contributed by atoms with Gasteiger partial charge >= 0.3 is 5.69 Å². The topological polar surface area (TPSA) is 114 Å². The van der Waals surface area contributed by atoms with Gasteiger partial charge < -0.3 is 11.1 Å². The van der Waals surface area contributed by atoms with Crippen LogP contribution in [0, 0.1) is 17.1 Å². The molecule has 1 aliphatic carbocycles. The van der Waals surface area contributed by atoms with Crippen molar-refractivity contribution in [2.24, 2.45) is 0 Å². The van der Waals surface area contributed by atoms with E-state index in [0.717, 1.165) is 17.3 Å². The number of nitriles is 1. The molecule has 1 aliphatic rings. The predicted octanol–water partition coefficient (Wildman–Crippen LogP) is 3.03. The van der Waals surface area contributed by atoms with Crippen LogP contribution in [0.1, 0.15) is 41.2 Å². The molecule has 0 saturated heterocycles. The van der Waals surface area contributed by atoms with Crippen LogP contribution in [0.15, 0.2) is 59.5 Å². The minimum Gasteiger partial charge on any atom is -0.381 e. The molecule has 7 nitrogen and oxygen atoms in total. The normalized spacial score (nSPS) is 17.8. The van der Waals surface area contributed by atoms with Gasteiger partial charge in [-0.1, -0.05) is 24.3 Å². The zero-order valence-electron chi connectivity index (χ0n) is 16.6. The number of nitrogen functional groups attached to an aromatic ring is 1. The number of nitrogens with zero attached hydrogens (tertiary/aromatic N) is 3. The molecule has 3 aromatic rings. The Balaban J connectivity index is 1.40. The quantitative estimate of drug-likeness (QED) is 0.677. The highest BCUT2D eigenvalue weighted by atomic mass is 19.1. The first-order chi connectivity index (χ1) is 14.9. The Kier molecular flexibility index (Phi) is 5.50. The number of halogens is 1. The van der Waals surface area contributed by atoms with Crippen molar-refractivity contribution in [2.75, 3.05) is 5.73 Å². The molecule has 0 bridgehead atoms. The van der Waals surface area contributed by atoms with Gasteiger partial charge in [0.2, 0.25) is 0 Å². The number of benzene rings is 2. The van der Waals surface area contributed by atoms with Gasteiger partial charge in [-0.2, -0.15) is 10.2 Å². The number of nitrogens with two attached hydrogens (primary N) is 1. The predicted molar refractivity (Wildman–Crippen MR) is 114 cm³/mol. The summed E-state index contributed by atoms with van der Waals surface area (Å²) in [6.07, 6.45) is 2.91. The number of aromatic nitrogens is 2. The highest BCUT2D eigenvalue weighted by Crippen LogP contribution is 2.29. The summed E-state index contributed by atoms with van der Waals surface area (Å²) in [7, 11) is 0. The maximum Gasteiger partial charge on any atom is 0.349 e. The standard InChI is InChI=1S/C23H20FN5O2/c24-20-13-29(23(31)28-21(20)26)19-10-9-18(11-19)27-22(30)17-7-5-16(6-8-17)15-3-1-14(12-25)2-4-15/h1-8,13,18-19H,9-11H2,(H,27,30)(H2,26,28,31)/t18-,19-/m0/s1. The number of rotatable bonds is 4. The lowest BCUT2D eigenvalue weighted by atomic mass is 10.0. The summed E-state index contributed by atoms with van der Waals surface area (Å²) in [5.74, 6) is -1.34. The Morgan fingerprint density at radius 2 is 1.77 bits per heavy atom. The highest BCUT2D eigenvalue weighted by Gasteiger charge is 2.28. The fourth-order valence-corrected chi connectivity index (χ4v) is 3.88. The fraction of sp³-hybridized carbons (Fsp3) is 0.217. The second-order valence-electron chi connectivity index (χ2n) is 7.57. The van der Waals surface area contributed by atoms with Gasteiger partial charge in [0.15, 0.2) is 11.6 Å². The summed E-state index contributed by atoms with van der Waals surface area (Å²) in [6, 6.07) is 16.2. The van der Waals surface area contributed by atoms with Gasteiger partial charge in [-0.15, -0.1) is 0 Å². The first-order valence-corrected chi connectivity index (χ1v) is 9.90. The number of anilines is 1. The van der Waals surface area contributed by atoms with E-state index in [0.29, 0.717) is 30.4 Å². The number of carbonyl (C=O) groups excluding carboxylic acids is 1. The molecule has 3 N–H and O–H groups in total. The Morgan fingerprint density at radius 1 is 1.13 bits per heavy atom. The van der Waals surface area contributed by atoms with E-state index in [1.165, 1.54) is 4.57 Å². The molecule has 1 fully saturated rings. The molecule has 8 heteroatoms. The zero-order chi connectivity index (χ0) is 22.0. The molecule has 4 rings (SSSR count). The SMILES string of the molecule is N#Cc1ccc(-c2ccc(C(=O)N[C@H]3CC[C@H](n4cc(F)c(N)nc4=O)C3)cc2)cc1. The number of hydrogen-bond acceptors (Lipinski definition) is 5. The van der Waals surface area contributed by atoms with Crippen LogP contribution in [0.25, 0.3) is 11.1 Å². The second kappa shape index (κ2) is 8.40. The maximum absolute atomic E-state index is 13.7. The molecule has 1 amide bonds. The van der Waals surface area contributed by atoms with E-state index in [-0.39, 0.29) is 18.0 Å². The summed E-state index contributed by atoms with van der Waals surface area (Å²) < 4.78 is 15.0. The number of nitrogens with one attached hydrogen (secondary N) is 1. The van der Waals surface area contributed by atoms with Crippen LogP contribution < -0.4 is 16.7 Å². The van der Waals surface area contributed by atoms with Crippen LogP contribution in [0.2, 0.25) is 0 Å². The first kappa shape index (κ1) is 20.3. The van der Waals surface area contributed by atoms with Gasteiger partial charge in [0.05, 0.1) is 11.6 Å². The first-order valence-electron chi connectivity index (χ1n) is 9.90. The molecule has 156 valence electrons. The third kappa shape index (κ3) is 4.31. The van der Waals surface area contributed by atoms with Gasteiger partial charge in [-0.05, 0) is 54.7 Å². The monoisotopic (exact) mass is 417 g/mol. The van der Waals surface area contributed by atoms with Crippen molar-refractivity contribution >= 4 is 11.7 Å². The van der Waals surface area contributed by atoms with Crippen LogP contribution in [-0.4, -0.2) is 21.5 Å². The Hall–Kier alpha value is -3.99. The molecular weight excluding hydrogens is 397 g/mol. The third-order valence-electron chi connectivity index (χ3n) is 5.56. The third-order valence-corrected chi connectivity index (χ3v) is 5.56. The molecule has 1 aromatic heterocycles. The molecule has 2 atom stereocenters. The van der Waals surface area contributed by atoms with E-state index in [1.54, 1.807) is 24.3 Å². The lowest BCUT2D eigenvalue weighted by Gasteiger charge is -2.15. The maximum atomic E-state index is 13.7. The lowest BCUT2D eigenvalue weighted by Crippen LogP contribution is -2.34. The van der Waals surface area contributed by atoms with Crippen molar-refractivity contribution in [2.45, 2.75) is 31.3 Å². The van der Waals surface area contributed by atoms with Crippen molar-refractivity contribution in [3.63, 3.8) is 0 Å². The van der Waals surface area contributed by atoms with Crippen LogP contribution in [0.3, 0.4) is 0 Å². The molecule has 1 heterocycles. The Morgan fingerprint density at radius 3 is 2.42 bits per heavy atom. The lowest BCUT2D eigenvalue weighted by molar-refractivity contribution is 0.0937. The minimum atomic E-state index is -0.727. The number of amides is 1. The van der Waals surface area contributed by atoms with Crippen molar-refractivity contribution < 1.29 is 9.18 Å². The fourth-order valence-electron chi connectivity index (χ4n) is 3.88. The van der Waals surface area contributed by atoms with Crippen LogP contribution in [-0.2, 0) is 0 Å². The zero-order valence-corrected chi connectivity index (χ0v) is 16.6. The van der Waals surface area contributed by atoms with E-state index in [2.05, 4.69) is 16.4 Å². The van der Waals surface area contributed by atoms with Gasteiger partial charge in [-0.25, -0.2) is 9.18 Å². The van der Waals surface area contributed by atoms with Gasteiger partial charge in [-0.3, -0.25) is 9.36 Å². The smallest absolute Gasteiger partial charge is 0.349 e. The molecule has 0 unspecified atom stereocenters. The van der Waals surface area contributed by atoms with Crippen LogP contribution >= 0.6 is 0 Å². The van der Waals surface area contributed by atoms with Crippen molar-refractivity contribution in [3.05, 3.63) is 82.2 Å². The second-order valence-corrected chi connectivity index (χ2v) is 7.57. The molecule has 2 aromatic carbocycles. The summed E-state index contributed by atoms with van der Waals surface area (Å²) in [5, 5.41) is 11.9. The van der Waals surface area contributed by atoms with Gasteiger partial charge in [0, 0.05) is 23.8 Å². The average Bonchev–Trinajstić information content (AvgIpc) is 3.24. The Bertz CT molecular complexity index is 1210. The summed E-state index contributed by atoms with van der Waals surface area (Å²) in [5.41, 5.74) is 7.77. The van der Waals surface area contributed by atoms with Crippen molar-refractivity contribution in [3.8, 4) is 17.2 Å². The Labute approximate surface area is 178 Å². The van der Waals surface area contributed by atoms with Crippen molar-refractivity contribution in [1.29, 1.82) is 5.26 Å². The molecule has 31 heavy (non-hydrogen) atoms. The molecular formula is C23H20FN5O2. The largest absolute Gasteiger partial charge is 0.381 e. The number of carbonyl (C=O) groups is 1. The average molecular weight is 417 g/mol. The summed E-state index contributed by atoms with van der Waals surface area (Å²) in [4.78, 5) is 28.2. The van der Waals surface area contributed by atoms with Crippen LogP contribution in [0.5, 0.6) is 0 Å².